The summed E-state index contributed by atoms with van der Waals surface area (Å²) in [7, 11) is 0. The fourth-order valence-electron chi connectivity index (χ4n) is 1.14. The number of rotatable bonds is 6. The summed E-state index contributed by atoms with van der Waals surface area (Å²) in [6, 6.07) is -0.638. The van der Waals surface area contributed by atoms with Gasteiger partial charge in [0.25, 0.3) is 0 Å². The maximum atomic E-state index is 11.4. The Kier molecular flexibility index (Phi) is 6.88. The van der Waals surface area contributed by atoms with Crippen molar-refractivity contribution in [3.8, 4) is 0 Å². The van der Waals surface area contributed by atoms with Gasteiger partial charge >= 0.3 is 12.0 Å². The molecular formula is C10H19N3O4. The molecular weight excluding hydrogens is 226 g/mol. The topological polar surface area (TPSA) is 98.7 Å². The first-order chi connectivity index (χ1) is 7.85. The predicted octanol–water partition coefficient (Wildman–Crippen LogP) is -0.373. The molecule has 0 aliphatic rings. The highest BCUT2D eigenvalue weighted by molar-refractivity contribution is 5.95. The summed E-state index contributed by atoms with van der Waals surface area (Å²) in [6.45, 7) is 5.36. The average Bonchev–Trinajstić information content (AvgIpc) is 2.13. The van der Waals surface area contributed by atoms with Crippen molar-refractivity contribution in [2.45, 2.75) is 26.8 Å². The number of imide groups is 1. The first kappa shape index (κ1) is 15.4. The fraction of sp³-hybridized carbons (Fsp3) is 0.700. The predicted molar refractivity (Wildman–Crippen MR) is 61.6 cm³/mol. The minimum Gasteiger partial charge on any atom is -0.480 e. The number of urea groups is 1. The molecule has 0 fully saturated rings. The van der Waals surface area contributed by atoms with E-state index in [0.717, 1.165) is 0 Å². The lowest BCUT2D eigenvalue weighted by molar-refractivity contribution is -0.138. The van der Waals surface area contributed by atoms with Gasteiger partial charge in [0.2, 0.25) is 5.91 Å². The van der Waals surface area contributed by atoms with Gasteiger partial charge in [-0.05, 0) is 20.4 Å². The van der Waals surface area contributed by atoms with Crippen LogP contribution in [0.5, 0.6) is 0 Å². The second kappa shape index (κ2) is 7.61. The van der Waals surface area contributed by atoms with Crippen molar-refractivity contribution in [3.05, 3.63) is 0 Å². The number of hydrogen-bond acceptors (Lipinski definition) is 4. The van der Waals surface area contributed by atoms with E-state index in [2.05, 4.69) is 10.6 Å². The molecule has 0 atom stereocenters. The third-order valence-corrected chi connectivity index (χ3v) is 1.85. The van der Waals surface area contributed by atoms with E-state index >= 15 is 0 Å². The molecule has 0 rings (SSSR count). The normalized spacial score (nSPS) is 10.4. The van der Waals surface area contributed by atoms with Crippen molar-refractivity contribution in [1.29, 1.82) is 0 Å². The Morgan fingerprint density at radius 3 is 2.24 bits per heavy atom. The van der Waals surface area contributed by atoms with Crippen LogP contribution in [0.3, 0.4) is 0 Å². The molecule has 0 saturated heterocycles. The number of aliphatic carboxylic acids is 1. The van der Waals surface area contributed by atoms with E-state index in [1.54, 1.807) is 20.8 Å². The first-order valence-corrected chi connectivity index (χ1v) is 5.39. The first-order valence-electron chi connectivity index (χ1n) is 5.39. The van der Waals surface area contributed by atoms with Crippen molar-refractivity contribution < 1.29 is 19.5 Å². The molecule has 0 aliphatic carbocycles. The van der Waals surface area contributed by atoms with Crippen LogP contribution in [0.25, 0.3) is 0 Å². The van der Waals surface area contributed by atoms with Crippen molar-refractivity contribution in [2.24, 2.45) is 0 Å². The summed E-state index contributed by atoms with van der Waals surface area (Å²) in [5, 5.41) is 13.2. The fourth-order valence-corrected chi connectivity index (χ4v) is 1.14. The van der Waals surface area contributed by atoms with Gasteiger partial charge in [-0.15, -0.1) is 0 Å². The van der Waals surface area contributed by atoms with Crippen LogP contribution in [0.4, 0.5) is 4.79 Å². The number of nitrogens with one attached hydrogen (secondary N) is 2. The second-order valence-corrected chi connectivity index (χ2v) is 3.87. The average molecular weight is 245 g/mol. The lowest BCUT2D eigenvalue weighted by Crippen LogP contribution is -2.47. The van der Waals surface area contributed by atoms with Gasteiger partial charge in [-0.1, -0.05) is 6.92 Å². The van der Waals surface area contributed by atoms with Crippen molar-refractivity contribution in [2.75, 3.05) is 19.6 Å². The third-order valence-electron chi connectivity index (χ3n) is 1.85. The summed E-state index contributed by atoms with van der Waals surface area (Å²) < 4.78 is 0. The number of carbonyl (C=O) groups is 3. The molecule has 0 aromatic rings. The van der Waals surface area contributed by atoms with Crippen molar-refractivity contribution in [3.63, 3.8) is 0 Å². The smallest absolute Gasteiger partial charge is 0.321 e. The zero-order valence-corrected chi connectivity index (χ0v) is 10.3. The van der Waals surface area contributed by atoms with E-state index in [1.807, 2.05) is 0 Å². The molecule has 98 valence electrons. The maximum absolute atomic E-state index is 11.4. The highest BCUT2D eigenvalue weighted by atomic mass is 16.4. The summed E-state index contributed by atoms with van der Waals surface area (Å²) in [5.74, 6) is -1.53. The number of nitrogens with zero attached hydrogens (tertiary/aromatic N) is 1. The van der Waals surface area contributed by atoms with Gasteiger partial charge in [0.05, 0.1) is 13.1 Å². The molecule has 0 heterocycles. The number of likely N-dealkylation sites (N-methyl/N-ethyl adjacent to an activating group) is 1. The molecule has 0 aliphatic heterocycles. The highest BCUT2D eigenvalue weighted by Gasteiger charge is 2.14. The van der Waals surface area contributed by atoms with Gasteiger partial charge in [-0.2, -0.15) is 0 Å². The van der Waals surface area contributed by atoms with Crippen molar-refractivity contribution in [1.82, 2.24) is 15.5 Å². The van der Waals surface area contributed by atoms with Crippen LogP contribution in [-0.2, 0) is 9.59 Å². The Hall–Kier alpha value is -1.63. The van der Waals surface area contributed by atoms with Crippen LogP contribution in [0.1, 0.15) is 20.8 Å². The van der Waals surface area contributed by atoms with Crippen LogP contribution in [0, 0.1) is 0 Å². The standard InChI is InChI=1S/C10H19N3O4/c1-4-13(6-9(15)16)5-8(14)12-10(17)11-7(2)3/h7H,4-6H2,1-3H3,(H,15,16)(H2,11,12,14,17). The zero-order chi connectivity index (χ0) is 13.4. The van der Waals surface area contributed by atoms with Gasteiger partial charge < -0.3 is 10.4 Å². The molecule has 0 aromatic heterocycles. The van der Waals surface area contributed by atoms with Gasteiger partial charge in [0.1, 0.15) is 0 Å². The monoisotopic (exact) mass is 245 g/mol. The lowest BCUT2D eigenvalue weighted by atomic mass is 10.4. The van der Waals surface area contributed by atoms with E-state index in [4.69, 9.17) is 5.11 Å². The van der Waals surface area contributed by atoms with E-state index in [1.165, 1.54) is 4.90 Å². The quantitative estimate of drug-likeness (QED) is 0.593. The number of carbonyl (C=O) groups excluding carboxylic acids is 2. The van der Waals surface area contributed by atoms with E-state index < -0.39 is 17.9 Å². The molecule has 7 heteroatoms. The van der Waals surface area contributed by atoms with Crippen LogP contribution in [0.2, 0.25) is 0 Å². The Morgan fingerprint density at radius 1 is 1.24 bits per heavy atom. The lowest BCUT2D eigenvalue weighted by Gasteiger charge is -2.17. The summed E-state index contributed by atoms with van der Waals surface area (Å²) >= 11 is 0. The number of amides is 3. The molecule has 17 heavy (non-hydrogen) atoms. The largest absolute Gasteiger partial charge is 0.480 e. The Morgan fingerprint density at radius 2 is 1.82 bits per heavy atom. The van der Waals surface area contributed by atoms with E-state index in [-0.39, 0.29) is 19.1 Å². The van der Waals surface area contributed by atoms with E-state index in [9.17, 15) is 14.4 Å². The van der Waals surface area contributed by atoms with Crippen molar-refractivity contribution >= 4 is 17.9 Å². The molecule has 0 radical (unpaired) electrons. The van der Waals surface area contributed by atoms with E-state index in [0.29, 0.717) is 6.54 Å². The minimum absolute atomic E-state index is 0.0657. The molecule has 3 amide bonds. The molecule has 3 N–H and O–H groups in total. The highest BCUT2D eigenvalue weighted by Crippen LogP contribution is 1.87. The molecule has 0 unspecified atom stereocenters. The van der Waals surface area contributed by atoms with Crippen LogP contribution < -0.4 is 10.6 Å². The summed E-state index contributed by atoms with van der Waals surface area (Å²) in [5.41, 5.74) is 0. The van der Waals surface area contributed by atoms with Gasteiger partial charge in [0, 0.05) is 6.04 Å². The van der Waals surface area contributed by atoms with Gasteiger partial charge in [-0.25, -0.2) is 4.79 Å². The number of hydrogen-bond donors (Lipinski definition) is 3. The Balaban J connectivity index is 4.06. The SMILES string of the molecule is CCN(CC(=O)O)CC(=O)NC(=O)NC(C)C. The van der Waals surface area contributed by atoms with Gasteiger partial charge in [-0.3, -0.25) is 19.8 Å². The number of carboxylic acid groups (broad SMARTS) is 1. The molecule has 0 aromatic carbocycles. The van der Waals surface area contributed by atoms with Gasteiger partial charge in [0.15, 0.2) is 0 Å². The number of carboxylic acids is 1. The summed E-state index contributed by atoms with van der Waals surface area (Å²) in [6.07, 6.45) is 0. The third kappa shape index (κ3) is 8.21. The van der Waals surface area contributed by atoms with Crippen LogP contribution >= 0.6 is 0 Å². The van der Waals surface area contributed by atoms with Crippen LogP contribution in [-0.4, -0.2) is 53.6 Å². The molecule has 7 nitrogen and oxygen atoms in total. The minimum atomic E-state index is -1.01. The Labute approximate surface area is 100 Å². The second-order valence-electron chi connectivity index (χ2n) is 3.87. The maximum Gasteiger partial charge on any atom is 0.321 e. The summed E-state index contributed by atoms with van der Waals surface area (Å²) in [4.78, 5) is 34.4. The van der Waals surface area contributed by atoms with Crippen LogP contribution in [0.15, 0.2) is 0 Å². The zero-order valence-electron chi connectivity index (χ0n) is 10.3. The molecule has 0 saturated carbocycles. The molecule has 0 spiro atoms. The molecule has 0 bridgehead atoms. The Bertz CT molecular complexity index is 291.